The molecule has 1 unspecified atom stereocenters. The van der Waals surface area contributed by atoms with Crippen LogP contribution in [0.2, 0.25) is 5.02 Å². The number of carboxylic acid groups (broad SMARTS) is 1. The van der Waals surface area contributed by atoms with Gasteiger partial charge in [0.05, 0.1) is 11.4 Å². The second kappa shape index (κ2) is 5.35. The van der Waals surface area contributed by atoms with Crippen molar-refractivity contribution < 1.29 is 19.5 Å². The van der Waals surface area contributed by atoms with Gasteiger partial charge in [-0.3, -0.25) is 9.59 Å². The van der Waals surface area contributed by atoms with E-state index in [1.807, 2.05) is 0 Å². The molecule has 0 bridgehead atoms. The van der Waals surface area contributed by atoms with Crippen LogP contribution in [0.4, 0.5) is 0 Å². The molecular formula is C9H10ClN3O4. The number of H-pyrrole nitrogens is 1. The lowest BCUT2D eigenvalue weighted by molar-refractivity contribution is -0.140. The average Bonchev–Trinajstić information content (AvgIpc) is 2.63. The van der Waals surface area contributed by atoms with Crippen molar-refractivity contribution in [2.45, 2.75) is 12.5 Å². The van der Waals surface area contributed by atoms with Crippen molar-refractivity contribution in [1.82, 2.24) is 10.3 Å². The van der Waals surface area contributed by atoms with Gasteiger partial charge in [-0.05, 0) is 6.07 Å². The van der Waals surface area contributed by atoms with Crippen LogP contribution in [-0.2, 0) is 9.59 Å². The first-order valence-corrected chi connectivity index (χ1v) is 4.94. The molecule has 0 aliphatic carbocycles. The van der Waals surface area contributed by atoms with Gasteiger partial charge in [0.2, 0.25) is 5.91 Å². The molecule has 1 atom stereocenters. The van der Waals surface area contributed by atoms with Crippen molar-refractivity contribution in [3.63, 3.8) is 0 Å². The third-order valence-electron chi connectivity index (χ3n) is 1.90. The average molecular weight is 260 g/mol. The Labute approximate surface area is 101 Å². The van der Waals surface area contributed by atoms with Crippen molar-refractivity contribution in [3.8, 4) is 0 Å². The van der Waals surface area contributed by atoms with Crippen LogP contribution in [0.3, 0.4) is 0 Å². The number of carbonyl (C=O) groups is 3. The molecule has 0 saturated heterocycles. The molecule has 5 N–H and O–H groups in total. The van der Waals surface area contributed by atoms with Crippen molar-refractivity contribution in [3.05, 3.63) is 23.0 Å². The highest BCUT2D eigenvalue weighted by atomic mass is 35.5. The Morgan fingerprint density at radius 3 is 2.59 bits per heavy atom. The lowest BCUT2D eigenvalue weighted by atomic mass is 10.2. The molecule has 0 aromatic carbocycles. The zero-order valence-corrected chi connectivity index (χ0v) is 9.32. The maximum absolute atomic E-state index is 11.5. The predicted octanol–water partition coefficient (Wildman–Crippen LogP) is -0.274. The van der Waals surface area contributed by atoms with E-state index in [2.05, 4.69) is 10.3 Å². The second-order valence-corrected chi connectivity index (χ2v) is 3.70. The van der Waals surface area contributed by atoms with Gasteiger partial charge in [-0.25, -0.2) is 4.79 Å². The van der Waals surface area contributed by atoms with Gasteiger partial charge in [-0.1, -0.05) is 11.6 Å². The SMILES string of the molecule is NC(=O)CC(NC(=O)c1cc(Cl)c[nH]1)C(=O)O. The van der Waals surface area contributed by atoms with Gasteiger partial charge in [0.1, 0.15) is 11.7 Å². The first-order valence-electron chi connectivity index (χ1n) is 4.56. The van der Waals surface area contributed by atoms with Crippen LogP contribution >= 0.6 is 11.6 Å². The Kier molecular flexibility index (Phi) is 4.11. The van der Waals surface area contributed by atoms with Gasteiger partial charge in [0.15, 0.2) is 0 Å². The fourth-order valence-electron chi connectivity index (χ4n) is 1.14. The molecule has 1 aromatic rings. The van der Waals surface area contributed by atoms with E-state index < -0.39 is 30.2 Å². The summed E-state index contributed by atoms with van der Waals surface area (Å²) in [5, 5.41) is 11.2. The van der Waals surface area contributed by atoms with Crippen LogP contribution in [-0.4, -0.2) is 33.9 Å². The Hall–Kier alpha value is -2.02. The fraction of sp³-hybridized carbons (Fsp3) is 0.222. The second-order valence-electron chi connectivity index (χ2n) is 3.27. The number of primary amides is 1. The number of amides is 2. The highest BCUT2D eigenvalue weighted by Gasteiger charge is 2.23. The molecule has 0 aliphatic heterocycles. The van der Waals surface area contributed by atoms with Crippen molar-refractivity contribution in [1.29, 1.82) is 0 Å². The maximum atomic E-state index is 11.5. The van der Waals surface area contributed by atoms with E-state index in [0.717, 1.165) is 0 Å². The van der Waals surface area contributed by atoms with Gasteiger partial charge < -0.3 is 21.1 Å². The summed E-state index contributed by atoms with van der Waals surface area (Å²) >= 11 is 5.59. The Morgan fingerprint density at radius 1 is 1.53 bits per heavy atom. The van der Waals surface area contributed by atoms with Crippen LogP contribution in [0.15, 0.2) is 12.3 Å². The first-order chi connectivity index (χ1) is 7.90. The third-order valence-corrected chi connectivity index (χ3v) is 2.12. The lowest BCUT2D eigenvalue weighted by Crippen LogP contribution is -2.43. The van der Waals surface area contributed by atoms with Crippen LogP contribution in [0.25, 0.3) is 0 Å². The van der Waals surface area contributed by atoms with Crippen molar-refractivity contribution in [2.24, 2.45) is 5.73 Å². The van der Waals surface area contributed by atoms with E-state index in [4.69, 9.17) is 22.4 Å². The molecule has 0 saturated carbocycles. The van der Waals surface area contributed by atoms with Crippen LogP contribution in [0.5, 0.6) is 0 Å². The molecule has 17 heavy (non-hydrogen) atoms. The van der Waals surface area contributed by atoms with E-state index in [1.165, 1.54) is 12.3 Å². The van der Waals surface area contributed by atoms with E-state index in [0.29, 0.717) is 5.02 Å². The molecule has 92 valence electrons. The quantitative estimate of drug-likeness (QED) is 0.580. The topological polar surface area (TPSA) is 125 Å². The van der Waals surface area contributed by atoms with Crippen LogP contribution < -0.4 is 11.1 Å². The van der Waals surface area contributed by atoms with Crippen LogP contribution in [0.1, 0.15) is 16.9 Å². The summed E-state index contributed by atoms with van der Waals surface area (Å²) in [6.45, 7) is 0. The number of rotatable bonds is 5. The number of hydrogen-bond acceptors (Lipinski definition) is 3. The zero-order chi connectivity index (χ0) is 13.0. The Morgan fingerprint density at radius 2 is 2.18 bits per heavy atom. The molecule has 1 heterocycles. The van der Waals surface area contributed by atoms with E-state index >= 15 is 0 Å². The van der Waals surface area contributed by atoms with Gasteiger partial charge in [0.25, 0.3) is 5.91 Å². The number of nitrogens with one attached hydrogen (secondary N) is 2. The molecule has 1 rings (SSSR count). The van der Waals surface area contributed by atoms with Crippen LogP contribution in [0, 0.1) is 0 Å². The number of carboxylic acids is 1. The lowest BCUT2D eigenvalue weighted by Gasteiger charge is -2.11. The molecule has 2 amide bonds. The Balaban J connectivity index is 2.70. The van der Waals surface area contributed by atoms with Crippen molar-refractivity contribution in [2.75, 3.05) is 0 Å². The predicted molar refractivity (Wildman–Crippen MR) is 58.5 cm³/mol. The summed E-state index contributed by atoms with van der Waals surface area (Å²) in [6.07, 6.45) is 0.899. The maximum Gasteiger partial charge on any atom is 0.326 e. The molecule has 8 heteroatoms. The van der Waals surface area contributed by atoms with Gasteiger partial charge in [-0.15, -0.1) is 0 Å². The summed E-state index contributed by atoms with van der Waals surface area (Å²) in [6, 6.07) is -0.0258. The molecule has 1 aromatic heterocycles. The minimum Gasteiger partial charge on any atom is -0.480 e. The highest BCUT2D eigenvalue weighted by Crippen LogP contribution is 2.09. The molecule has 7 nitrogen and oxygen atoms in total. The standard InChI is InChI=1S/C9H10ClN3O4/c10-4-1-5(12-3-4)8(15)13-6(9(16)17)2-7(11)14/h1,3,6,12H,2H2,(H2,11,14)(H,13,15)(H,16,17). The number of carbonyl (C=O) groups excluding carboxylic acids is 2. The van der Waals surface area contributed by atoms with E-state index in [-0.39, 0.29) is 5.69 Å². The summed E-state index contributed by atoms with van der Waals surface area (Å²) < 4.78 is 0. The summed E-state index contributed by atoms with van der Waals surface area (Å²) in [5.74, 6) is -2.83. The number of aromatic nitrogens is 1. The fourth-order valence-corrected chi connectivity index (χ4v) is 1.30. The van der Waals surface area contributed by atoms with Gasteiger partial charge >= 0.3 is 5.97 Å². The minimum atomic E-state index is -1.36. The monoisotopic (exact) mass is 259 g/mol. The molecular weight excluding hydrogens is 250 g/mol. The van der Waals surface area contributed by atoms with Gasteiger partial charge in [0, 0.05) is 6.20 Å². The summed E-state index contributed by atoms with van der Waals surface area (Å²) in [7, 11) is 0. The summed E-state index contributed by atoms with van der Waals surface area (Å²) in [5.41, 5.74) is 4.97. The van der Waals surface area contributed by atoms with E-state index in [1.54, 1.807) is 0 Å². The minimum absolute atomic E-state index is 0.103. The third kappa shape index (κ3) is 3.80. The summed E-state index contributed by atoms with van der Waals surface area (Å²) in [4.78, 5) is 35.5. The normalized spacial score (nSPS) is 11.8. The Bertz CT molecular complexity index is 457. The number of aliphatic carboxylic acids is 1. The zero-order valence-electron chi connectivity index (χ0n) is 8.57. The molecule has 0 fully saturated rings. The molecule has 0 spiro atoms. The number of aromatic amines is 1. The molecule has 0 radical (unpaired) electrons. The number of hydrogen-bond donors (Lipinski definition) is 4. The van der Waals surface area contributed by atoms with Gasteiger partial charge in [-0.2, -0.15) is 0 Å². The number of halogens is 1. The highest BCUT2D eigenvalue weighted by molar-refractivity contribution is 6.31. The smallest absolute Gasteiger partial charge is 0.326 e. The first kappa shape index (κ1) is 13.0. The number of nitrogens with two attached hydrogens (primary N) is 1. The van der Waals surface area contributed by atoms with E-state index in [9.17, 15) is 14.4 Å². The largest absolute Gasteiger partial charge is 0.480 e. The van der Waals surface area contributed by atoms with Crippen molar-refractivity contribution >= 4 is 29.4 Å². The molecule has 0 aliphatic rings.